The number of nitrogens with one attached hydrogen (secondary N) is 2. The van der Waals surface area contributed by atoms with Gasteiger partial charge in [0.2, 0.25) is 0 Å². The molecule has 144 valence electrons. The summed E-state index contributed by atoms with van der Waals surface area (Å²) in [5, 5.41) is 7.76. The van der Waals surface area contributed by atoms with Gasteiger partial charge in [-0.1, -0.05) is 30.3 Å². The first-order chi connectivity index (χ1) is 12.1. The number of hydrogen-bond acceptors (Lipinski definition) is 4. The number of guanidine groups is 1. The maximum Gasteiger partial charge on any atom is 0.191 e. The van der Waals surface area contributed by atoms with E-state index in [-0.39, 0.29) is 24.0 Å². The van der Waals surface area contributed by atoms with Gasteiger partial charge in [-0.3, -0.25) is 0 Å². The molecule has 1 aromatic heterocycles. The average Bonchev–Trinajstić information content (AvgIpc) is 2.91. The van der Waals surface area contributed by atoms with Gasteiger partial charge >= 0.3 is 0 Å². The lowest BCUT2D eigenvalue weighted by molar-refractivity contribution is 0.331. The zero-order chi connectivity index (χ0) is 18.1. The summed E-state index contributed by atoms with van der Waals surface area (Å²) in [5.74, 6) is 0.848. The van der Waals surface area contributed by atoms with Gasteiger partial charge in [0.1, 0.15) is 5.01 Å². The van der Waals surface area contributed by atoms with Crippen molar-refractivity contribution in [1.29, 1.82) is 0 Å². The van der Waals surface area contributed by atoms with Gasteiger partial charge in [-0.25, -0.2) is 9.98 Å². The van der Waals surface area contributed by atoms with Crippen LogP contribution in [-0.2, 0) is 13.1 Å². The summed E-state index contributed by atoms with van der Waals surface area (Å²) in [6, 6.07) is 10.5. The van der Waals surface area contributed by atoms with Crippen molar-refractivity contribution in [2.24, 2.45) is 4.99 Å². The standard InChI is InChI=1S/C19H29N5S.HI/c1-5-20-19(22-13-18-23-15(2)16(3)25-18)21-11-12-24(4)14-17-9-7-6-8-10-17;/h6-10H,5,11-14H2,1-4H3,(H2,20,21,22);1H. The molecule has 7 heteroatoms. The molecule has 2 aromatic rings. The van der Waals surface area contributed by atoms with Crippen molar-refractivity contribution in [3.05, 3.63) is 51.5 Å². The molecule has 0 saturated carbocycles. The Bertz CT molecular complexity index is 652. The van der Waals surface area contributed by atoms with Crippen molar-refractivity contribution in [1.82, 2.24) is 20.5 Å². The monoisotopic (exact) mass is 487 g/mol. The molecule has 0 radical (unpaired) electrons. The first kappa shape index (κ1) is 22.9. The molecule has 0 unspecified atom stereocenters. The molecule has 1 heterocycles. The Morgan fingerprint density at radius 3 is 2.54 bits per heavy atom. The summed E-state index contributed by atoms with van der Waals surface area (Å²) in [6.07, 6.45) is 0. The van der Waals surface area contributed by atoms with Crippen LogP contribution in [0.4, 0.5) is 0 Å². The molecule has 2 rings (SSSR count). The smallest absolute Gasteiger partial charge is 0.191 e. The first-order valence-corrected chi connectivity index (χ1v) is 9.57. The molecular weight excluding hydrogens is 457 g/mol. The molecule has 1 aromatic carbocycles. The third kappa shape index (κ3) is 8.01. The van der Waals surface area contributed by atoms with E-state index in [2.05, 4.69) is 76.7 Å². The van der Waals surface area contributed by atoms with Gasteiger partial charge in [0, 0.05) is 31.1 Å². The number of thiazole rings is 1. The number of aromatic nitrogens is 1. The Labute approximate surface area is 178 Å². The van der Waals surface area contributed by atoms with E-state index in [1.807, 2.05) is 6.92 Å². The zero-order valence-electron chi connectivity index (χ0n) is 16.1. The van der Waals surface area contributed by atoms with Crippen molar-refractivity contribution >= 4 is 41.3 Å². The second-order valence-corrected chi connectivity index (χ2v) is 7.38. The molecule has 0 saturated heterocycles. The number of aliphatic imine (C=N–C) groups is 1. The summed E-state index contributed by atoms with van der Waals surface area (Å²) in [5.41, 5.74) is 2.44. The number of aryl methyl sites for hydroxylation is 2. The van der Waals surface area contributed by atoms with E-state index < -0.39 is 0 Å². The average molecular weight is 487 g/mol. The van der Waals surface area contributed by atoms with Crippen LogP contribution in [0.5, 0.6) is 0 Å². The highest BCUT2D eigenvalue weighted by atomic mass is 127. The molecule has 26 heavy (non-hydrogen) atoms. The van der Waals surface area contributed by atoms with E-state index in [1.54, 1.807) is 11.3 Å². The molecule has 0 aliphatic carbocycles. The van der Waals surface area contributed by atoms with Crippen LogP contribution in [0.25, 0.3) is 0 Å². The van der Waals surface area contributed by atoms with Crippen molar-refractivity contribution in [2.75, 3.05) is 26.7 Å². The second-order valence-electron chi connectivity index (χ2n) is 6.09. The predicted octanol–water partition coefficient (Wildman–Crippen LogP) is 3.57. The number of benzene rings is 1. The van der Waals surface area contributed by atoms with Gasteiger partial charge in [-0.15, -0.1) is 35.3 Å². The summed E-state index contributed by atoms with van der Waals surface area (Å²) >= 11 is 1.72. The van der Waals surface area contributed by atoms with Crippen LogP contribution in [0.1, 0.15) is 28.1 Å². The number of likely N-dealkylation sites (N-methyl/N-ethyl adjacent to an activating group) is 1. The van der Waals surface area contributed by atoms with E-state index in [9.17, 15) is 0 Å². The number of hydrogen-bond donors (Lipinski definition) is 2. The van der Waals surface area contributed by atoms with E-state index in [1.165, 1.54) is 10.4 Å². The molecular formula is C19H30IN5S. The lowest BCUT2D eigenvalue weighted by Crippen LogP contribution is -2.40. The molecule has 5 nitrogen and oxygen atoms in total. The van der Waals surface area contributed by atoms with Crippen molar-refractivity contribution in [3.63, 3.8) is 0 Å². The fraction of sp³-hybridized carbons (Fsp3) is 0.474. The Kier molecular flexibility index (Phi) is 10.8. The van der Waals surface area contributed by atoms with Crippen LogP contribution >= 0.6 is 35.3 Å². The second kappa shape index (κ2) is 12.2. The van der Waals surface area contributed by atoms with Gasteiger partial charge in [-0.05, 0) is 33.4 Å². The summed E-state index contributed by atoms with van der Waals surface area (Å²) in [6.45, 7) is 10.5. The van der Waals surface area contributed by atoms with E-state index in [4.69, 9.17) is 0 Å². The fourth-order valence-electron chi connectivity index (χ4n) is 2.43. The van der Waals surface area contributed by atoms with Gasteiger partial charge in [0.25, 0.3) is 0 Å². The molecule has 0 aliphatic heterocycles. The molecule has 0 bridgehead atoms. The lowest BCUT2D eigenvalue weighted by Gasteiger charge is -2.18. The van der Waals surface area contributed by atoms with E-state index in [0.717, 1.165) is 42.8 Å². The lowest BCUT2D eigenvalue weighted by atomic mass is 10.2. The maximum atomic E-state index is 4.64. The Balaban J connectivity index is 0.00000338. The van der Waals surface area contributed by atoms with Crippen LogP contribution in [0, 0.1) is 13.8 Å². The van der Waals surface area contributed by atoms with E-state index >= 15 is 0 Å². The Hall–Kier alpha value is -1.19. The van der Waals surface area contributed by atoms with E-state index in [0.29, 0.717) is 6.54 Å². The number of halogens is 1. The maximum absolute atomic E-state index is 4.64. The van der Waals surface area contributed by atoms with Crippen LogP contribution in [0.2, 0.25) is 0 Å². The van der Waals surface area contributed by atoms with Gasteiger partial charge in [0.15, 0.2) is 5.96 Å². The van der Waals surface area contributed by atoms with Crippen LogP contribution < -0.4 is 10.6 Å². The topological polar surface area (TPSA) is 52.6 Å². The molecule has 0 amide bonds. The normalized spacial score (nSPS) is 11.3. The summed E-state index contributed by atoms with van der Waals surface area (Å²) in [7, 11) is 2.14. The SMILES string of the molecule is CCNC(=NCc1nc(C)c(C)s1)NCCN(C)Cc1ccccc1.I. The van der Waals surface area contributed by atoms with Crippen LogP contribution in [0.3, 0.4) is 0 Å². The van der Waals surface area contributed by atoms with Crippen molar-refractivity contribution in [3.8, 4) is 0 Å². The zero-order valence-corrected chi connectivity index (χ0v) is 19.2. The highest BCUT2D eigenvalue weighted by Gasteiger charge is 2.04. The highest BCUT2D eigenvalue weighted by Crippen LogP contribution is 2.16. The summed E-state index contributed by atoms with van der Waals surface area (Å²) < 4.78 is 0. The fourth-order valence-corrected chi connectivity index (χ4v) is 3.29. The highest BCUT2D eigenvalue weighted by molar-refractivity contribution is 14.0. The third-order valence-electron chi connectivity index (χ3n) is 3.87. The minimum Gasteiger partial charge on any atom is -0.357 e. The van der Waals surface area contributed by atoms with Gasteiger partial charge in [-0.2, -0.15) is 0 Å². The minimum atomic E-state index is 0. The molecule has 0 fully saturated rings. The predicted molar refractivity (Wildman–Crippen MR) is 123 cm³/mol. The minimum absolute atomic E-state index is 0. The van der Waals surface area contributed by atoms with Crippen LogP contribution in [-0.4, -0.2) is 42.5 Å². The quantitative estimate of drug-likeness (QED) is 0.340. The molecule has 2 N–H and O–H groups in total. The molecule has 0 atom stereocenters. The van der Waals surface area contributed by atoms with Crippen molar-refractivity contribution in [2.45, 2.75) is 33.9 Å². The first-order valence-electron chi connectivity index (χ1n) is 8.76. The summed E-state index contributed by atoms with van der Waals surface area (Å²) in [4.78, 5) is 12.8. The molecule has 0 spiro atoms. The largest absolute Gasteiger partial charge is 0.357 e. The van der Waals surface area contributed by atoms with Crippen LogP contribution in [0.15, 0.2) is 35.3 Å². The molecule has 0 aliphatic rings. The number of nitrogens with zero attached hydrogens (tertiary/aromatic N) is 3. The van der Waals surface area contributed by atoms with Gasteiger partial charge in [0.05, 0.1) is 12.2 Å². The van der Waals surface area contributed by atoms with Crippen molar-refractivity contribution < 1.29 is 0 Å². The third-order valence-corrected chi connectivity index (χ3v) is 4.93. The van der Waals surface area contributed by atoms with Gasteiger partial charge < -0.3 is 15.5 Å². The number of rotatable bonds is 8. The Morgan fingerprint density at radius 2 is 1.92 bits per heavy atom. The Morgan fingerprint density at radius 1 is 1.19 bits per heavy atom.